The summed E-state index contributed by atoms with van der Waals surface area (Å²) in [4.78, 5) is 12.7. The molecule has 28 heavy (non-hydrogen) atoms. The third kappa shape index (κ3) is 6.21. The maximum Gasteiger partial charge on any atom is 0.249 e. The molecule has 0 saturated heterocycles. The first-order chi connectivity index (χ1) is 13.0. The Labute approximate surface area is 182 Å². The number of rotatable bonds is 8. The largest absolute Gasteiger partial charge is 0.299 e. The lowest BCUT2D eigenvalue weighted by Crippen LogP contribution is -2.45. The summed E-state index contributed by atoms with van der Waals surface area (Å²) in [5, 5.41) is 11.4. The molecule has 2 aromatic rings. The Balaban J connectivity index is 2.22. The van der Waals surface area contributed by atoms with Gasteiger partial charge in [0.1, 0.15) is 6.04 Å². The van der Waals surface area contributed by atoms with Crippen LogP contribution >= 0.6 is 46.3 Å². The summed E-state index contributed by atoms with van der Waals surface area (Å²) in [5.41, 5.74) is 0.129. The van der Waals surface area contributed by atoms with E-state index in [0.717, 1.165) is 20.7 Å². The number of anilines is 2. The number of carbonyl (C=O) groups is 1. The summed E-state index contributed by atoms with van der Waals surface area (Å²) in [6, 6.07) is 3.34. The summed E-state index contributed by atoms with van der Waals surface area (Å²) < 4.78 is 26.4. The van der Waals surface area contributed by atoms with Crippen molar-refractivity contribution in [3.8, 4) is 0 Å². The second-order valence-electron chi connectivity index (χ2n) is 6.40. The van der Waals surface area contributed by atoms with E-state index in [1.807, 2.05) is 0 Å². The molecule has 1 aromatic carbocycles. The molecule has 0 fully saturated rings. The van der Waals surface area contributed by atoms with E-state index < -0.39 is 22.0 Å². The highest BCUT2D eigenvalue weighted by molar-refractivity contribution is 8.01. The quantitative estimate of drug-likeness (QED) is 0.442. The predicted octanol–water partition coefficient (Wildman–Crippen LogP) is 4.39. The van der Waals surface area contributed by atoms with Crippen molar-refractivity contribution in [2.45, 2.75) is 31.2 Å². The van der Waals surface area contributed by atoms with Crippen LogP contribution in [0.25, 0.3) is 0 Å². The van der Waals surface area contributed by atoms with Gasteiger partial charge in [0, 0.05) is 10.8 Å². The Morgan fingerprint density at radius 1 is 1.29 bits per heavy atom. The molecule has 2 rings (SSSR count). The van der Waals surface area contributed by atoms with Gasteiger partial charge in [0.25, 0.3) is 0 Å². The minimum Gasteiger partial charge on any atom is -0.299 e. The van der Waals surface area contributed by atoms with Gasteiger partial charge in [0.2, 0.25) is 21.1 Å². The molecular formula is C16H20Cl2N4O3S3. The molecule has 7 nitrogen and oxygen atoms in total. The van der Waals surface area contributed by atoms with Gasteiger partial charge in [0.15, 0.2) is 4.34 Å². The highest BCUT2D eigenvalue weighted by atomic mass is 35.5. The van der Waals surface area contributed by atoms with E-state index in [1.165, 1.54) is 36.5 Å². The number of hydrogen-bond donors (Lipinski definition) is 1. The van der Waals surface area contributed by atoms with Gasteiger partial charge in [-0.1, -0.05) is 60.1 Å². The van der Waals surface area contributed by atoms with Crippen molar-refractivity contribution >= 4 is 73.0 Å². The zero-order valence-corrected chi connectivity index (χ0v) is 19.6. The van der Waals surface area contributed by atoms with Crippen LogP contribution in [-0.4, -0.2) is 42.6 Å². The zero-order chi connectivity index (χ0) is 21.1. The van der Waals surface area contributed by atoms with E-state index in [9.17, 15) is 13.2 Å². The molecule has 0 unspecified atom stereocenters. The molecule has 0 aliphatic carbocycles. The third-order valence-corrected chi connectivity index (χ3v) is 7.59. The third-order valence-electron chi connectivity index (χ3n) is 3.41. The maximum absolute atomic E-state index is 12.7. The fourth-order valence-electron chi connectivity index (χ4n) is 2.20. The topological polar surface area (TPSA) is 92.3 Å². The van der Waals surface area contributed by atoms with Crippen LogP contribution in [0.15, 0.2) is 22.5 Å². The molecule has 1 amide bonds. The number of benzene rings is 1. The predicted molar refractivity (Wildman–Crippen MR) is 117 cm³/mol. The zero-order valence-electron chi connectivity index (χ0n) is 15.6. The van der Waals surface area contributed by atoms with Crippen LogP contribution in [0.2, 0.25) is 10.0 Å². The molecule has 154 valence electrons. The summed E-state index contributed by atoms with van der Waals surface area (Å²) >= 11 is 14.9. The lowest BCUT2D eigenvalue weighted by atomic mass is 10.2. The smallest absolute Gasteiger partial charge is 0.249 e. The average molecular weight is 483 g/mol. The van der Waals surface area contributed by atoms with Crippen molar-refractivity contribution in [3.05, 3.63) is 28.2 Å². The molecule has 0 aliphatic rings. The minimum absolute atomic E-state index is 0.129. The van der Waals surface area contributed by atoms with E-state index in [0.29, 0.717) is 16.1 Å². The van der Waals surface area contributed by atoms with Crippen molar-refractivity contribution in [3.63, 3.8) is 0 Å². The van der Waals surface area contributed by atoms with Crippen LogP contribution < -0.4 is 9.62 Å². The molecular weight excluding hydrogens is 463 g/mol. The molecule has 0 saturated carbocycles. The van der Waals surface area contributed by atoms with Gasteiger partial charge >= 0.3 is 0 Å². The number of sulfonamides is 1. The number of aromatic nitrogens is 2. The fourth-order valence-corrected chi connectivity index (χ4v) is 5.54. The van der Waals surface area contributed by atoms with E-state index in [4.69, 9.17) is 23.2 Å². The fraction of sp³-hybridized carbons (Fsp3) is 0.438. The first-order valence-corrected chi connectivity index (χ1v) is 12.6. The number of thioether (sulfide) groups is 1. The number of hydrogen-bond acceptors (Lipinski definition) is 7. The van der Waals surface area contributed by atoms with Crippen LogP contribution in [0.3, 0.4) is 0 Å². The van der Waals surface area contributed by atoms with Gasteiger partial charge in [-0.05, 0) is 31.0 Å². The van der Waals surface area contributed by atoms with Crippen molar-refractivity contribution < 1.29 is 13.2 Å². The van der Waals surface area contributed by atoms with Crippen LogP contribution in [-0.2, 0) is 14.8 Å². The molecule has 0 aliphatic heterocycles. The molecule has 0 spiro atoms. The Hall–Kier alpha value is -1.07. The lowest BCUT2D eigenvalue weighted by molar-refractivity contribution is -0.116. The Bertz CT molecular complexity index is 950. The van der Waals surface area contributed by atoms with E-state index >= 15 is 0 Å². The minimum atomic E-state index is -3.81. The van der Waals surface area contributed by atoms with Crippen molar-refractivity contribution in [1.29, 1.82) is 0 Å². The number of nitrogens with zero attached hydrogens (tertiary/aromatic N) is 3. The van der Waals surface area contributed by atoms with E-state index in [2.05, 4.69) is 29.4 Å². The summed E-state index contributed by atoms with van der Waals surface area (Å²) in [7, 11) is -3.81. The number of nitrogens with one attached hydrogen (secondary N) is 1. The molecule has 1 heterocycles. The van der Waals surface area contributed by atoms with Gasteiger partial charge < -0.3 is 0 Å². The van der Waals surface area contributed by atoms with Gasteiger partial charge in [0.05, 0.1) is 17.0 Å². The monoisotopic (exact) mass is 482 g/mol. The molecule has 12 heteroatoms. The Morgan fingerprint density at radius 2 is 1.96 bits per heavy atom. The number of carbonyl (C=O) groups excluding carboxylic acids is 1. The lowest BCUT2D eigenvalue weighted by Gasteiger charge is -2.28. The van der Waals surface area contributed by atoms with Crippen LogP contribution in [0.5, 0.6) is 0 Å². The number of halogens is 2. The molecule has 1 N–H and O–H groups in total. The highest BCUT2D eigenvalue weighted by Gasteiger charge is 2.31. The summed E-state index contributed by atoms with van der Waals surface area (Å²) in [6.45, 7) is 5.65. The van der Waals surface area contributed by atoms with E-state index in [-0.39, 0.29) is 10.7 Å². The standard InChI is InChI=1S/C16H20Cl2N4O3S3/c1-9(2)8-26-16-21-20-15(27-16)19-14(23)10(3)22(28(4,24)25)13-7-11(17)5-6-12(13)18/h5-7,9-10H,8H2,1-4H3,(H,19,20,23)/t10-/m0/s1. The molecule has 1 atom stereocenters. The number of amides is 1. The molecule has 0 bridgehead atoms. The second kappa shape index (κ2) is 9.62. The molecule has 0 radical (unpaired) electrons. The SMILES string of the molecule is CC(C)CSc1nnc(NC(=O)[C@H](C)N(c2cc(Cl)ccc2Cl)S(C)(=O)=O)s1. The average Bonchev–Trinajstić information content (AvgIpc) is 3.02. The highest BCUT2D eigenvalue weighted by Crippen LogP contribution is 2.33. The summed E-state index contributed by atoms with van der Waals surface area (Å²) in [6.07, 6.45) is 1.000. The van der Waals surface area contributed by atoms with Crippen LogP contribution in [0.4, 0.5) is 10.8 Å². The van der Waals surface area contributed by atoms with Gasteiger partial charge in [-0.15, -0.1) is 10.2 Å². The maximum atomic E-state index is 12.7. The Kier molecular flexibility index (Phi) is 7.97. The van der Waals surface area contributed by atoms with Crippen molar-refractivity contribution in [2.75, 3.05) is 21.6 Å². The molecule has 1 aromatic heterocycles. The first kappa shape index (κ1) is 23.2. The van der Waals surface area contributed by atoms with Crippen LogP contribution in [0, 0.1) is 5.92 Å². The first-order valence-electron chi connectivity index (χ1n) is 8.20. The Morgan fingerprint density at radius 3 is 2.57 bits per heavy atom. The van der Waals surface area contributed by atoms with Gasteiger partial charge in [-0.25, -0.2) is 8.42 Å². The summed E-state index contributed by atoms with van der Waals surface area (Å²) in [5.74, 6) is 0.824. The van der Waals surface area contributed by atoms with Gasteiger partial charge in [-0.2, -0.15) is 0 Å². The van der Waals surface area contributed by atoms with Crippen LogP contribution in [0.1, 0.15) is 20.8 Å². The van der Waals surface area contributed by atoms with E-state index in [1.54, 1.807) is 11.8 Å². The van der Waals surface area contributed by atoms with Crippen molar-refractivity contribution in [1.82, 2.24) is 10.2 Å². The van der Waals surface area contributed by atoms with Crippen molar-refractivity contribution in [2.24, 2.45) is 5.92 Å². The normalized spacial score (nSPS) is 12.8. The van der Waals surface area contributed by atoms with Gasteiger partial charge in [-0.3, -0.25) is 14.4 Å². The second-order valence-corrected chi connectivity index (χ2v) is 11.3.